The monoisotopic (exact) mass is 396 g/mol. The Hall–Kier alpha value is -1.97. The molecule has 0 spiro atoms. The predicted molar refractivity (Wildman–Crippen MR) is 111 cm³/mol. The second kappa shape index (κ2) is 6.26. The number of allylic oxidation sites excluding steroid dienone is 6. The van der Waals surface area contributed by atoms with E-state index >= 15 is 0 Å². The summed E-state index contributed by atoms with van der Waals surface area (Å²) in [6.07, 6.45) is 10.6. The molecule has 0 radical (unpaired) electrons. The van der Waals surface area contributed by atoms with Gasteiger partial charge in [0.2, 0.25) is 0 Å². The van der Waals surface area contributed by atoms with E-state index in [1.807, 2.05) is 0 Å². The van der Waals surface area contributed by atoms with Gasteiger partial charge in [0.05, 0.1) is 0 Å². The Morgan fingerprint density at radius 1 is 1.17 bits per heavy atom. The average Bonchev–Trinajstić information content (AvgIpc) is 2.85. The summed E-state index contributed by atoms with van der Waals surface area (Å²) in [5.41, 5.74) is 0.708. The highest BCUT2D eigenvalue weighted by Gasteiger charge is 2.70. The van der Waals surface area contributed by atoms with Crippen LogP contribution in [0.1, 0.15) is 60.8 Å². The van der Waals surface area contributed by atoms with Crippen LogP contribution in [0.25, 0.3) is 0 Å². The van der Waals surface area contributed by atoms with Crippen LogP contribution in [0.2, 0.25) is 0 Å². The van der Waals surface area contributed by atoms with Crippen LogP contribution in [0, 0.1) is 34.5 Å². The second-order valence-corrected chi connectivity index (χ2v) is 10.2. The van der Waals surface area contributed by atoms with Gasteiger partial charge in [0.1, 0.15) is 0 Å². The first kappa shape index (κ1) is 20.3. The fraction of sp³-hybridized carbons (Fsp3) is 0.640. The molecule has 7 atom stereocenters. The van der Waals surface area contributed by atoms with Crippen molar-refractivity contribution < 1.29 is 19.1 Å². The van der Waals surface area contributed by atoms with Crippen molar-refractivity contribution >= 4 is 17.5 Å². The van der Waals surface area contributed by atoms with Crippen molar-refractivity contribution in [3.05, 3.63) is 35.5 Å². The maximum atomic E-state index is 13.0. The Morgan fingerprint density at radius 3 is 2.48 bits per heavy atom. The van der Waals surface area contributed by atoms with Crippen LogP contribution >= 0.6 is 0 Å². The Kier molecular flexibility index (Phi) is 4.39. The maximum Gasteiger partial charge on any atom is 0.303 e. The molecule has 4 aliphatic carbocycles. The van der Waals surface area contributed by atoms with Crippen molar-refractivity contribution in [3.63, 3.8) is 0 Å². The number of ether oxygens (including phenoxy) is 1. The first-order valence-corrected chi connectivity index (χ1v) is 10.8. The molecule has 0 amide bonds. The van der Waals surface area contributed by atoms with E-state index in [2.05, 4.69) is 39.8 Å². The third kappa shape index (κ3) is 2.47. The summed E-state index contributed by atoms with van der Waals surface area (Å²) in [7, 11) is 0. The summed E-state index contributed by atoms with van der Waals surface area (Å²) in [6, 6.07) is 0. The largest absolute Gasteiger partial charge is 0.450 e. The zero-order valence-electron chi connectivity index (χ0n) is 18.4. The number of carbonyl (C=O) groups is 3. The fourth-order valence-electron chi connectivity index (χ4n) is 7.65. The van der Waals surface area contributed by atoms with Gasteiger partial charge in [-0.3, -0.25) is 14.4 Å². The maximum absolute atomic E-state index is 13.0. The van der Waals surface area contributed by atoms with Gasteiger partial charge in [0.25, 0.3) is 0 Å². The van der Waals surface area contributed by atoms with Crippen LogP contribution in [-0.2, 0) is 19.1 Å². The highest BCUT2D eigenvalue weighted by Crippen LogP contribution is 2.68. The van der Waals surface area contributed by atoms with Gasteiger partial charge in [-0.05, 0) is 68.6 Å². The third-order valence-corrected chi connectivity index (χ3v) is 8.80. The minimum Gasteiger partial charge on any atom is -0.450 e. The zero-order valence-corrected chi connectivity index (χ0v) is 18.4. The molecule has 0 aromatic carbocycles. The van der Waals surface area contributed by atoms with Gasteiger partial charge < -0.3 is 4.74 Å². The number of Topliss-reactive ketones (excluding diaryl/α,β-unsaturated/α-hetero) is 1. The fourth-order valence-corrected chi connectivity index (χ4v) is 7.65. The Labute approximate surface area is 173 Å². The van der Waals surface area contributed by atoms with E-state index in [9.17, 15) is 14.4 Å². The van der Waals surface area contributed by atoms with Gasteiger partial charge in [-0.25, -0.2) is 0 Å². The van der Waals surface area contributed by atoms with Crippen LogP contribution < -0.4 is 0 Å². The van der Waals surface area contributed by atoms with Crippen molar-refractivity contribution in [1.82, 2.24) is 0 Å². The van der Waals surface area contributed by atoms with E-state index in [0.717, 1.165) is 30.4 Å². The van der Waals surface area contributed by atoms with Crippen LogP contribution in [0.15, 0.2) is 35.5 Å². The van der Waals surface area contributed by atoms with E-state index in [0.29, 0.717) is 11.8 Å². The number of rotatable bonds is 2. The molecule has 0 aliphatic heterocycles. The first-order valence-electron chi connectivity index (χ1n) is 10.8. The molecule has 0 aromatic rings. The smallest absolute Gasteiger partial charge is 0.303 e. The molecular weight excluding hydrogens is 364 g/mol. The molecule has 1 unspecified atom stereocenters. The molecule has 4 rings (SSSR count). The molecule has 2 fully saturated rings. The predicted octanol–water partition coefficient (Wildman–Crippen LogP) is 4.60. The SMILES string of the molecule is CC(=O)O[C@]1(C(C)=O)C(C)C[C@H]2[C@@H]3C=C(C)C4=CC(=O)C=C[C@]4(C)[C@H]3CC[C@@]21C. The molecule has 4 heteroatoms. The van der Waals surface area contributed by atoms with Crippen molar-refractivity contribution in [3.8, 4) is 0 Å². The number of ketones is 2. The lowest BCUT2D eigenvalue weighted by Gasteiger charge is -2.57. The minimum absolute atomic E-state index is 0.0143. The Balaban J connectivity index is 1.84. The average molecular weight is 397 g/mol. The molecule has 156 valence electrons. The standard InChI is InChI=1S/C25H32O4/c1-14-11-19-20(23(5)9-7-18(28)13-21(14)23)8-10-24(6)22(19)12-15(2)25(24,16(3)26)29-17(4)27/h7,9,11,13,15,19-20,22H,8,10,12H2,1-6H3/t15?,19-,20+,22+,23-,24+,25+/m1/s1. The van der Waals surface area contributed by atoms with Crippen molar-refractivity contribution in [2.24, 2.45) is 34.5 Å². The van der Waals surface area contributed by atoms with Crippen molar-refractivity contribution in [1.29, 1.82) is 0 Å². The van der Waals surface area contributed by atoms with Crippen LogP contribution in [0.4, 0.5) is 0 Å². The van der Waals surface area contributed by atoms with Crippen LogP contribution in [0.5, 0.6) is 0 Å². The highest BCUT2D eigenvalue weighted by molar-refractivity contribution is 6.02. The first-order chi connectivity index (χ1) is 13.5. The summed E-state index contributed by atoms with van der Waals surface area (Å²) < 4.78 is 5.92. The van der Waals surface area contributed by atoms with Gasteiger partial charge in [-0.15, -0.1) is 0 Å². The number of esters is 1. The highest BCUT2D eigenvalue weighted by atomic mass is 16.6. The van der Waals surface area contributed by atoms with E-state index in [1.54, 1.807) is 19.1 Å². The Bertz CT molecular complexity index is 892. The number of hydrogen-bond donors (Lipinski definition) is 0. The summed E-state index contributed by atoms with van der Waals surface area (Å²) in [6.45, 7) is 11.6. The molecule has 0 bridgehead atoms. The summed E-state index contributed by atoms with van der Waals surface area (Å²) in [5.74, 6) is 0.579. The molecule has 29 heavy (non-hydrogen) atoms. The zero-order chi connectivity index (χ0) is 21.4. The molecule has 0 aromatic heterocycles. The van der Waals surface area contributed by atoms with E-state index in [1.165, 1.54) is 6.92 Å². The van der Waals surface area contributed by atoms with Crippen LogP contribution in [-0.4, -0.2) is 23.1 Å². The van der Waals surface area contributed by atoms with E-state index < -0.39 is 5.60 Å². The lowest BCUT2D eigenvalue weighted by atomic mass is 9.48. The minimum atomic E-state index is -1.05. The molecular formula is C25H32O4. The second-order valence-electron chi connectivity index (χ2n) is 10.2. The van der Waals surface area contributed by atoms with Crippen molar-refractivity contribution in [2.45, 2.75) is 66.4 Å². The number of hydrogen-bond acceptors (Lipinski definition) is 4. The quantitative estimate of drug-likeness (QED) is 0.640. The molecule has 4 aliphatic rings. The summed E-state index contributed by atoms with van der Waals surface area (Å²) in [5, 5.41) is 0. The molecule has 0 heterocycles. The molecule has 2 saturated carbocycles. The Morgan fingerprint density at radius 2 is 1.86 bits per heavy atom. The van der Waals surface area contributed by atoms with Crippen LogP contribution in [0.3, 0.4) is 0 Å². The van der Waals surface area contributed by atoms with Gasteiger partial charge >= 0.3 is 5.97 Å². The van der Waals surface area contributed by atoms with Gasteiger partial charge in [0.15, 0.2) is 17.2 Å². The van der Waals surface area contributed by atoms with E-state index in [-0.39, 0.29) is 40.2 Å². The molecule has 0 saturated heterocycles. The normalized spacial score (nSPS) is 45.5. The summed E-state index contributed by atoms with van der Waals surface area (Å²) >= 11 is 0. The third-order valence-electron chi connectivity index (χ3n) is 8.80. The van der Waals surface area contributed by atoms with Crippen molar-refractivity contribution in [2.75, 3.05) is 0 Å². The van der Waals surface area contributed by atoms with Gasteiger partial charge in [-0.1, -0.05) is 38.5 Å². The topological polar surface area (TPSA) is 60.4 Å². The lowest BCUT2D eigenvalue weighted by Crippen LogP contribution is -2.59. The number of fused-ring (bicyclic) bond motifs is 5. The lowest BCUT2D eigenvalue weighted by molar-refractivity contribution is -0.190. The summed E-state index contributed by atoms with van der Waals surface area (Å²) in [4.78, 5) is 37.0. The molecule has 4 nitrogen and oxygen atoms in total. The van der Waals surface area contributed by atoms with Gasteiger partial charge in [-0.2, -0.15) is 0 Å². The van der Waals surface area contributed by atoms with Gasteiger partial charge in [0, 0.05) is 23.7 Å². The molecule has 0 N–H and O–H groups in total. The number of carbonyl (C=O) groups excluding carboxylic acids is 3. The van der Waals surface area contributed by atoms with E-state index in [4.69, 9.17) is 4.74 Å².